The van der Waals surface area contributed by atoms with Crippen LogP contribution in [-0.4, -0.2) is 0 Å². The lowest BCUT2D eigenvalue weighted by Gasteiger charge is -2.41. The molecule has 3 aliphatic carbocycles. The van der Waals surface area contributed by atoms with Crippen LogP contribution in [0.5, 0.6) is 0 Å². The first-order valence-corrected chi connectivity index (χ1v) is 13.2. The molecule has 0 saturated carbocycles. The third-order valence-electron chi connectivity index (χ3n) is 8.18. The number of para-hydroxylation sites is 2. The standard InChI is InChI=1S/C35H30N2/c1-24-23-35(34-15-9-8-14-31(24)34)32-18-16-29(36-27-10-4-2-5-11-27)21-25(32)20-26-22-30(17-19-33(26)35)37-28-12-6-3-7-13-28/h2-8,10-14,16-19,21-22,36-37H,1,9,15,20,23H2. The van der Waals surface area contributed by atoms with Crippen LogP contribution >= 0.6 is 0 Å². The number of hydrogen-bond acceptors (Lipinski definition) is 2. The van der Waals surface area contributed by atoms with Crippen LogP contribution < -0.4 is 10.6 Å². The zero-order chi connectivity index (χ0) is 24.8. The normalized spacial score (nSPS) is 16.8. The maximum Gasteiger partial charge on any atom is 0.0466 e. The summed E-state index contributed by atoms with van der Waals surface area (Å²) >= 11 is 0. The van der Waals surface area contributed by atoms with Gasteiger partial charge in [-0.1, -0.05) is 67.3 Å². The van der Waals surface area contributed by atoms with E-state index in [4.69, 9.17) is 0 Å². The monoisotopic (exact) mass is 478 g/mol. The molecule has 0 atom stereocenters. The minimum absolute atomic E-state index is 0.128. The Labute approximate surface area is 219 Å². The molecule has 4 aromatic rings. The average Bonchev–Trinajstić information content (AvgIpc) is 3.22. The van der Waals surface area contributed by atoms with Crippen LogP contribution in [0.1, 0.15) is 41.5 Å². The number of hydrogen-bond donors (Lipinski definition) is 2. The fourth-order valence-electron chi connectivity index (χ4n) is 6.67. The molecule has 0 radical (unpaired) electrons. The molecule has 37 heavy (non-hydrogen) atoms. The van der Waals surface area contributed by atoms with Gasteiger partial charge in [0.15, 0.2) is 0 Å². The summed E-state index contributed by atoms with van der Waals surface area (Å²) in [6.45, 7) is 4.55. The van der Waals surface area contributed by atoms with Gasteiger partial charge in [0.05, 0.1) is 0 Å². The van der Waals surface area contributed by atoms with Crippen LogP contribution in [0.15, 0.2) is 133 Å². The molecule has 7 rings (SSSR count). The minimum Gasteiger partial charge on any atom is -0.356 e. The van der Waals surface area contributed by atoms with Crippen LogP contribution in [0.3, 0.4) is 0 Å². The van der Waals surface area contributed by atoms with Crippen LogP contribution in [0.2, 0.25) is 0 Å². The van der Waals surface area contributed by atoms with Crippen molar-refractivity contribution in [1.82, 2.24) is 0 Å². The smallest absolute Gasteiger partial charge is 0.0466 e. The fourth-order valence-corrected chi connectivity index (χ4v) is 6.67. The van der Waals surface area contributed by atoms with Crippen molar-refractivity contribution in [2.45, 2.75) is 31.1 Å². The molecule has 0 bridgehead atoms. The van der Waals surface area contributed by atoms with E-state index < -0.39 is 0 Å². The molecule has 3 aliphatic rings. The molecule has 4 aromatic carbocycles. The highest BCUT2D eigenvalue weighted by Crippen LogP contribution is 2.58. The van der Waals surface area contributed by atoms with Gasteiger partial charge in [0.2, 0.25) is 0 Å². The Hall–Kier alpha value is -4.30. The SMILES string of the molecule is C=C1CC2(C3=C1C=CCC3)c1ccc(Nc3ccccc3)cc1Cc1cc(Nc3ccccc3)ccc12. The van der Waals surface area contributed by atoms with Gasteiger partial charge in [-0.2, -0.15) is 0 Å². The van der Waals surface area contributed by atoms with E-state index in [1.807, 2.05) is 0 Å². The third-order valence-corrected chi connectivity index (χ3v) is 8.18. The van der Waals surface area contributed by atoms with Gasteiger partial charge in [-0.25, -0.2) is 0 Å². The molecule has 2 nitrogen and oxygen atoms in total. The molecule has 0 amide bonds. The number of benzene rings is 4. The van der Waals surface area contributed by atoms with E-state index in [0.29, 0.717) is 0 Å². The number of allylic oxidation sites excluding steroid dienone is 5. The maximum absolute atomic E-state index is 4.55. The second-order valence-corrected chi connectivity index (χ2v) is 10.4. The number of rotatable bonds is 4. The van der Waals surface area contributed by atoms with Crippen LogP contribution in [0, 0.1) is 0 Å². The van der Waals surface area contributed by atoms with Gasteiger partial charge < -0.3 is 10.6 Å². The Morgan fingerprint density at radius 3 is 1.78 bits per heavy atom. The van der Waals surface area contributed by atoms with E-state index in [9.17, 15) is 0 Å². The fraction of sp³-hybridized carbons (Fsp3) is 0.143. The van der Waals surface area contributed by atoms with Crippen molar-refractivity contribution in [2.24, 2.45) is 0 Å². The molecule has 0 aromatic heterocycles. The summed E-state index contributed by atoms with van der Waals surface area (Å²) in [4.78, 5) is 0. The van der Waals surface area contributed by atoms with Crippen molar-refractivity contribution in [1.29, 1.82) is 0 Å². The molecule has 2 N–H and O–H groups in total. The summed E-state index contributed by atoms with van der Waals surface area (Å²) in [5.41, 5.74) is 14.3. The van der Waals surface area contributed by atoms with Crippen molar-refractivity contribution in [3.63, 3.8) is 0 Å². The highest BCUT2D eigenvalue weighted by Gasteiger charge is 2.48. The van der Waals surface area contributed by atoms with Gasteiger partial charge in [-0.3, -0.25) is 0 Å². The summed E-state index contributed by atoms with van der Waals surface area (Å²) in [5, 5.41) is 7.23. The van der Waals surface area contributed by atoms with E-state index >= 15 is 0 Å². The van der Waals surface area contributed by atoms with Gasteiger partial charge >= 0.3 is 0 Å². The molecular weight excluding hydrogens is 448 g/mol. The Morgan fingerprint density at radius 1 is 0.649 bits per heavy atom. The van der Waals surface area contributed by atoms with Crippen molar-refractivity contribution in [3.8, 4) is 0 Å². The lowest BCUT2D eigenvalue weighted by Crippen LogP contribution is -2.34. The van der Waals surface area contributed by atoms with Crippen LogP contribution in [0.4, 0.5) is 22.7 Å². The highest BCUT2D eigenvalue weighted by molar-refractivity contribution is 5.73. The summed E-state index contributed by atoms with van der Waals surface area (Å²) in [7, 11) is 0. The largest absolute Gasteiger partial charge is 0.356 e. The van der Waals surface area contributed by atoms with Crippen LogP contribution in [0.25, 0.3) is 0 Å². The number of fused-ring (bicyclic) bond motifs is 5. The van der Waals surface area contributed by atoms with Gasteiger partial charge in [0, 0.05) is 28.2 Å². The van der Waals surface area contributed by atoms with Crippen LogP contribution in [-0.2, 0) is 11.8 Å². The zero-order valence-corrected chi connectivity index (χ0v) is 20.9. The summed E-state index contributed by atoms with van der Waals surface area (Å²) < 4.78 is 0. The van der Waals surface area contributed by atoms with Gasteiger partial charge in [0.1, 0.15) is 0 Å². The second kappa shape index (κ2) is 8.67. The van der Waals surface area contributed by atoms with E-state index in [2.05, 4.69) is 126 Å². The van der Waals surface area contributed by atoms with Gasteiger partial charge in [-0.15, -0.1) is 0 Å². The number of nitrogens with one attached hydrogen (secondary N) is 2. The zero-order valence-electron chi connectivity index (χ0n) is 20.9. The predicted octanol–water partition coefficient (Wildman–Crippen LogP) is 8.97. The summed E-state index contributed by atoms with van der Waals surface area (Å²) in [5.74, 6) is 0. The summed E-state index contributed by atoms with van der Waals surface area (Å²) in [6.07, 6.45) is 8.70. The quantitative estimate of drug-likeness (QED) is 0.306. The Bertz CT molecular complexity index is 1480. The minimum atomic E-state index is -0.128. The molecule has 2 heteroatoms. The predicted molar refractivity (Wildman–Crippen MR) is 155 cm³/mol. The van der Waals surface area contributed by atoms with E-state index in [0.717, 1.165) is 48.4 Å². The molecule has 1 spiro atoms. The third kappa shape index (κ3) is 3.64. The van der Waals surface area contributed by atoms with Gasteiger partial charge in [-0.05, 0) is 113 Å². The lowest BCUT2D eigenvalue weighted by atomic mass is 9.61. The molecule has 0 aliphatic heterocycles. The molecule has 0 heterocycles. The van der Waals surface area contributed by atoms with E-state index in [-0.39, 0.29) is 5.41 Å². The molecular formula is C35H30N2. The number of anilines is 4. The molecule has 180 valence electrons. The highest BCUT2D eigenvalue weighted by atomic mass is 14.9. The van der Waals surface area contributed by atoms with Crippen molar-refractivity contribution >= 4 is 22.7 Å². The van der Waals surface area contributed by atoms with Crippen molar-refractivity contribution in [3.05, 3.63) is 155 Å². The first kappa shape index (κ1) is 21.9. The van der Waals surface area contributed by atoms with Crippen molar-refractivity contribution in [2.75, 3.05) is 10.6 Å². The van der Waals surface area contributed by atoms with E-state index in [1.165, 1.54) is 33.4 Å². The lowest BCUT2D eigenvalue weighted by molar-refractivity contribution is 0.578. The topological polar surface area (TPSA) is 24.1 Å². The molecule has 0 unspecified atom stereocenters. The van der Waals surface area contributed by atoms with Crippen molar-refractivity contribution < 1.29 is 0 Å². The first-order chi connectivity index (χ1) is 18.2. The summed E-state index contributed by atoms with van der Waals surface area (Å²) in [6, 6.07) is 34.8. The Morgan fingerprint density at radius 2 is 1.22 bits per heavy atom. The molecule has 0 saturated heterocycles. The Balaban J connectivity index is 1.36. The maximum atomic E-state index is 4.55. The van der Waals surface area contributed by atoms with E-state index in [1.54, 1.807) is 5.57 Å². The Kier molecular flexibility index (Phi) is 5.14. The average molecular weight is 479 g/mol. The van der Waals surface area contributed by atoms with Gasteiger partial charge in [0.25, 0.3) is 0 Å². The molecule has 0 fully saturated rings. The first-order valence-electron chi connectivity index (χ1n) is 13.2. The second-order valence-electron chi connectivity index (χ2n) is 10.4.